The van der Waals surface area contributed by atoms with Crippen LogP contribution in [0.5, 0.6) is 0 Å². The van der Waals surface area contributed by atoms with Gasteiger partial charge >= 0.3 is 6.18 Å². The molecule has 1 aromatic carbocycles. The standard InChI is InChI=1S/C14H14F3N3O2/c1-20-6-5-12(19-20)18-13(21)11-4-2-3-10(7-11)8-22-9-14(15,16)17/h2-7H,8-9H2,1H3,(H,18,19,21). The summed E-state index contributed by atoms with van der Waals surface area (Å²) in [4.78, 5) is 12.0. The molecule has 1 N–H and O–H groups in total. The van der Waals surface area contributed by atoms with Gasteiger partial charge < -0.3 is 10.1 Å². The van der Waals surface area contributed by atoms with E-state index >= 15 is 0 Å². The van der Waals surface area contributed by atoms with E-state index in [2.05, 4.69) is 15.2 Å². The Hall–Kier alpha value is -2.35. The quantitative estimate of drug-likeness (QED) is 0.923. The number of hydrogen-bond donors (Lipinski definition) is 1. The van der Waals surface area contributed by atoms with E-state index < -0.39 is 18.7 Å². The largest absolute Gasteiger partial charge is 0.411 e. The van der Waals surface area contributed by atoms with E-state index in [1.807, 2.05) is 0 Å². The minimum atomic E-state index is -4.37. The van der Waals surface area contributed by atoms with Crippen LogP contribution in [0, 0.1) is 0 Å². The summed E-state index contributed by atoms with van der Waals surface area (Å²) in [5.41, 5.74) is 0.802. The molecule has 0 atom stereocenters. The Morgan fingerprint density at radius 2 is 2.14 bits per heavy atom. The minimum Gasteiger partial charge on any atom is -0.367 e. The lowest BCUT2D eigenvalue weighted by Gasteiger charge is -2.08. The van der Waals surface area contributed by atoms with Gasteiger partial charge in [-0.2, -0.15) is 18.3 Å². The molecule has 0 saturated heterocycles. The van der Waals surface area contributed by atoms with Crippen molar-refractivity contribution in [1.82, 2.24) is 9.78 Å². The van der Waals surface area contributed by atoms with Crippen molar-refractivity contribution >= 4 is 11.7 Å². The Labute approximate surface area is 124 Å². The SMILES string of the molecule is Cn1ccc(NC(=O)c2cccc(COCC(F)(F)F)c2)n1. The number of carbonyl (C=O) groups is 1. The molecule has 2 aromatic rings. The van der Waals surface area contributed by atoms with E-state index in [-0.39, 0.29) is 6.61 Å². The number of aromatic nitrogens is 2. The summed E-state index contributed by atoms with van der Waals surface area (Å²) in [7, 11) is 1.72. The van der Waals surface area contributed by atoms with Gasteiger partial charge in [0.15, 0.2) is 5.82 Å². The number of halogens is 3. The fraction of sp³-hybridized carbons (Fsp3) is 0.286. The molecule has 0 radical (unpaired) electrons. The zero-order valence-corrected chi connectivity index (χ0v) is 11.7. The number of nitrogens with one attached hydrogen (secondary N) is 1. The third kappa shape index (κ3) is 4.88. The van der Waals surface area contributed by atoms with Crippen LogP contribution in [0.3, 0.4) is 0 Å². The lowest BCUT2D eigenvalue weighted by atomic mass is 10.1. The molecule has 0 saturated carbocycles. The maximum atomic E-state index is 12.0. The van der Waals surface area contributed by atoms with Crippen LogP contribution < -0.4 is 5.32 Å². The minimum absolute atomic E-state index is 0.218. The molecule has 0 bridgehead atoms. The van der Waals surface area contributed by atoms with Crippen molar-refractivity contribution in [3.05, 3.63) is 47.7 Å². The van der Waals surface area contributed by atoms with Gasteiger partial charge in [-0.25, -0.2) is 0 Å². The zero-order chi connectivity index (χ0) is 16.2. The monoisotopic (exact) mass is 313 g/mol. The number of benzene rings is 1. The molecule has 2 rings (SSSR count). The molecule has 0 aliphatic rings. The molecule has 0 aliphatic carbocycles. The summed E-state index contributed by atoms with van der Waals surface area (Å²) in [5.74, 6) is 0.00240. The Balaban J connectivity index is 1.97. The lowest BCUT2D eigenvalue weighted by molar-refractivity contribution is -0.176. The van der Waals surface area contributed by atoms with Crippen molar-refractivity contribution in [2.24, 2.45) is 7.05 Å². The summed E-state index contributed by atoms with van der Waals surface area (Å²) < 4.78 is 42.1. The van der Waals surface area contributed by atoms with Gasteiger partial charge in [0.2, 0.25) is 0 Å². The lowest BCUT2D eigenvalue weighted by Crippen LogP contribution is -2.17. The maximum absolute atomic E-state index is 12.0. The Kier molecular flexibility index (Phi) is 4.81. The van der Waals surface area contributed by atoms with Crippen molar-refractivity contribution in [3.63, 3.8) is 0 Å². The van der Waals surface area contributed by atoms with Gasteiger partial charge in [0, 0.05) is 24.9 Å². The second-order valence-electron chi connectivity index (χ2n) is 4.64. The number of alkyl halides is 3. The van der Waals surface area contributed by atoms with E-state index in [4.69, 9.17) is 0 Å². The van der Waals surface area contributed by atoms with E-state index in [1.54, 1.807) is 37.5 Å². The van der Waals surface area contributed by atoms with Crippen molar-refractivity contribution in [2.75, 3.05) is 11.9 Å². The molecule has 1 amide bonds. The molecule has 5 nitrogen and oxygen atoms in total. The highest BCUT2D eigenvalue weighted by Crippen LogP contribution is 2.16. The molecule has 1 aromatic heterocycles. The third-order valence-electron chi connectivity index (χ3n) is 2.68. The first-order valence-electron chi connectivity index (χ1n) is 6.38. The number of hydrogen-bond acceptors (Lipinski definition) is 3. The van der Waals surface area contributed by atoms with Crippen LogP contribution in [0.25, 0.3) is 0 Å². The fourth-order valence-electron chi connectivity index (χ4n) is 1.76. The fourth-order valence-corrected chi connectivity index (χ4v) is 1.76. The highest BCUT2D eigenvalue weighted by Gasteiger charge is 2.27. The number of amides is 1. The van der Waals surface area contributed by atoms with Gasteiger partial charge in [0.25, 0.3) is 5.91 Å². The molecule has 1 heterocycles. The molecule has 118 valence electrons. The molecular formula is C14H14F3N3O2. The highest BCUT2D eigenvalue weighted by atomic mass is 19.4. The molecule has 0 spiro atoms. The van der Waals surface area contributed by atoms with Crippen molar-refractivity contribution in [1.29, 1.82) is 0 Å². The normalized spacial score (nSPS) is 11.5. The second kappa shape index (κ2) is 6.61. The third-order valence-corrected chi connectivity index (χ3v) is 2.68. The van der Waals surface area contributed by atoms with Gasteiger partial charge in [0.05, 0.1) is 6.61 Å². The van der Waals surface area contributed by atoms with Crippen LogP contribution in [0.4, 0.5) is 19.0 Å². The number of carbonyl (C=O) groups excluding carboxylic acids is 1. The number of ether oxygens (including phenoxy) is 1. The van der Waals surface area contributed by atoms with E-state index in [0.29, 0.717) is 16.9 Å². The van der Waals surface area contributed by atoms with Gasteiger partial charge in [-0.3, -0.25) is 9.48 Å². The first-order valence-corrected chi connectivity index (χ1v) is 6.38. The summed E-state index contributed by atoms with van der Waals surface area (Å²) in [6.45, 7) is -1.54. The maximum Gasteiger partial charge on any atom is 0.411 e. The number of rotatable bonds is 5. The number of nitrogens with zero attached hydrogens (tertiary/aromatic N) is 2. The number of anilines is 1. The van der Waals surface area contributed by atoms with Gasteiger partial charge in [-0.05, 0) is 17.7 Å². The number of aryl methyl sites for hydroxylation is 1. The Morgan fingerprint density at radius 3 is 2.77 bits per heavy atom. The van der Waals surface area contributed by atoms with Gasteiger partial charge in [-0.15, -0.1) is 0 Å². The molecular weight excluding hydrogens is 299 g/mol. The molecule has 22 heavy (non-hydrogen) atoms. The van der Waals surface area contributed by atoms with Crippen molar-refractivity contribution in [3.8, 4) is 0 Å². The predicted octanol–water partition coefficient (Wildman–Crippen LogP) is 2.75. The van der Waals surface area contributed by atoms with E-state index in [1.165, 1.54) is 10.7 Å². The molecule has 8 heteroatoms. The van der Waals surface area contributed by atoms with Crippen LogP contribution >= 0.6 is 0 Å². The zero-order valence-electron chi connectivity index (χ0n) is 11.7. The van der Waals surface area contributed by atoms with Gasteiger partial charge in [-0.1, -0.05) is 12.1 Å². The van der Waals surface area contributed by atoms with E-state index in [0.717, 1.165) is 0 Å². The average molecular weight is 313 g/mol. The van der Waals surface area contributed by atoms with Crippen LogP contribution in [-0.2, 0) is 18.4 Å². The summed E-state index contributed by atoms with van der Waals surface area (Å²) in [5, 5.41) is 6.61. The first-order chi connectivity index (χ1) is 10.3. The Morgan fingerprint density at radius 1 is 1.36 bits per heavy atom. The summed E-state index contributed by atoms with van der Waals surface area (Å²) >= 11 is 0. The van der Waals surface area contributed by atoms with Crippen LogP contribution in [0.2, 0.25) is 0 Å². The molecule has 0 fully saturated rings. The summed E-state index contributed by atoms with van der Waals surface area (Å²) in [6.07, 6.45) is -2.69. The van der Waals surface area contributed by atoms with Crippen molar-refractivity contribution < 1.29 is 22.7 Å². The van der Waals surface area contributed by atoms with Crippen LogP contribution in [0.15, 0.2) is 36.5 Å². The van der Waals surface area contributed by atoms with E-state index in [9.17, 15) is 18.0 Å². The van der Waals surface area contributed by atoms with Crippen molar-refractivity contribution in [2.45, 2.75) is 12.8 Å². The Bertz CT molecular complexity index is 653. The van der Waals surface area contributed by atoms with Crippen LogP contribution in [-0.4, -0.2) is 28.5 Å². The first kappa shape index (κ1) is 16.0. The second-order valence-corrected chi connectivity index (χ2v) is 4.64. The predicted molar refractivity (Wildman–Crippen MR) is 73.3 cm³/mol. The van der Waals surface area contributed by atoms with Crippen LogP contribution in [0.1, 0.15) is 15.9 Å². The smallest absolute Gasteiger partial charge is 0.367 e. The molecule has 0 aliphatic heterocycles. The topological polar surface area (TPSA) is 56.2 Å². The van der Waals surface area contributed by atoms with Gasteiger partial charge in [0.1, 0.15) is 6.61 Å². The average Bonchev–Trinajstić information content (AvgIpc) is 2.83. The molecule has 0 unspecified atom stereocenters. The highest BCUT2D eigenvalue weighted by molar-refractivity contribution is 6.03. The summed E-state index contributed by atoms with van der Waals surface area (Å²) in [6, 6.07) is 7.85.